The lowest BCUT2D eigenvalue weighted by molar-refractivity contribution is -0.132. The second-order valence-corrected chi connectivity index (χ2v) is 7.88. The minimum absolute atomic E-state index is 0.182. The highest BCUT2D eigenvalue weighted by atomic mass is 16.2. The zero-order valence-electron chi connectivity index (χ0n) is 14.0. The molecule has 24 heavy (non-hydrogen) atoms. The molecular weight excluding hydrogens is 296 g/mol. The first kappa shape index (κ1) is 14.2. The van der Waals surface area contributed by atoms with Crippen molar-refractivity contribution < 1.29 is 4.79 Å². The number of carbonyl (C=O) groups excluding carboxylic acids is 1. The Balaban J connectivity index is 1.29. The molecule has 1 saturated heterocycles. The maximum atomic E-state index is 12.9. The van der Waals surface area contributed by atoms with E-state index in [1.807, 2.05) is 12.3 Å². The van der Waals surface area contributed by atoms with Crippen LogP contribution in [0.2, 0.25) is 0 Å². The molecule has 4 atom stereocenters. The van der Waals surface area contributed by atoms with Crippen molar-refractivity contribution in [2.75, 3.05) is 13.1 Å². The maximum Gasteiger partial charge on any atom is 0.226 e. The number of hydrogen-bond donors (Lipinski definition) is 0. The van der Waals surface area contributed by atoms with Crippen LogP contribution in [0.25, 0.3) is 0 Å². The SMILES string of the molecule is Cc1ccc([C@]23C[C@H]2CN(C(=O)[C@@H]2C[C@H]2c2cccnc2)C3)cc1. The third-order valence-corrected chi connectivity index (χ3v) is 6.30. The largest absolute Gasteiger partial charge is 0.341 e. The van der Waals surface area contributed by atoms with Crippen LogP contribution in [-0.4, -0.2) is 28.9 Å². The number of piperidine rings is 1. The molecule has 2 saturated carbocycles. The Hall–Kier alpha value is -2.16. The van der Waals surface area contributed by atoms with E-state index in [0.29, 0.717) is 17.7 Å². The second-order valence-electron chi connectivity index (χ2n) is 7.88. The van der Waals surface area contributed by atoms with Crippen molar-refractivity contribution in [2.24, 2.45) is 11.8 Å². The summed E-state index contributed by atoms with van der Waals surface area (Å²) in [7, 11) is 0. The van der Waals surface area contributed by atoms with Gasteiger partial charge in [-0.3, -0.25) is 9.78 Å². The van der Waals surface area contributed by atoms with Gasteiger partial charge in [-0.1, -0.05) is 35.9 Å². The molecule has 2 aliphatic carbocycles. The van der Waals surface area contributed by atoms with Gasteiger partial charge >= 0.3 is 0 Å². The highest BCUT2D eigenvalue weighted by Crippen LogP contribution is 2.60. The summed E-state index contributed by atoms with van der Waals surface area (Å²) in [6, 6.07) is 13.0. The van der Waals surface area contributed by atoms with Gasteiger partial charge in [0.2, 0.25) is 5.91 Å². The van der Waals surface area contributed by atoms with Gasteiger partial charge in [0.15, 0.2) is 0 Å². The van der Waals surface area contributed by atoms with Crippen LogP contribution in [0.15, 0.2) is 48.8 Å². The fourth-order valence-electron chi connectivity index (χ4n) is 4.65. The van der Waals surface area contributed by atoms with Crippen LogP contribution in [0, 0.1) is 18.8 Å². The molecule has 5 rings (SSSR count). The molecule has 3 heteroatoms. The molecule has 3 fully saturated rings. The monoisotopic (exact) mass is 318 g/mol. The van der Waals surface area contributed by atoms with Gasteiger partial charge in [-0.2, -0.15) is 0 Å². The van der Waals surface area contributed by atoms with Crippen molar-refractivity contribution in [1.82, 2.24) is 9.88 Å². The average Bonchev–Trinajstić information content (AvgIpc) is 3.52. The zero-order valence-corrected chi connectivity index (χ0v) is 14.0. The number of fused-ring (bicyclic) bond motifs is 1. The lowest BCUT2D eigenvalue weighted by Gasteiger charge is -2.22. The van der Waals surface area contributed by atoms with E-state index in [1.165, 1.54) is 23.1 Å². The van der Waals surface area contributed by atoms with Gasteiger partial charge in [0.25, 0.3) is 0 Å². The maximum absolute atomic E-state index is 12.9. The van der Waals surface area contributed by atoms with Crippen molar-refractivity contribution in [3.8, 4) is 0 Å². The lowest BCUT2D eigenvalue weighted by atomic mass is 9.94. The molecule has 1 aromatic carbocycles. The van der Waals surface area contributed by atoms with Gasteiger partial charge in [0.1, 0.15) is 0 Å². The first-order valence-corrected chi connectivity index (χ1v) is 8.93. The van der Waals surface area contributed by atoms with Crippen LogP contribution in [0.1, 0.15) is 35.4 Å². The third-order valence-electron chi connectivity index (χ3n) is 6.30. The first-order valence-electron chi connectivity index (χ1n) is 8.93. The highest BCUT2D eigenvalue weighted by Gasteiger charge is 2.62. The Labute approximate surface area is 142 Å². The Kier molecular flexibility index (Phi) is 2.91. The number of rotatable bonds is 3. The fourth-order valence-corrected chi connectivity index (χ4v) is 4.65. The van der Waals surface area contributed by atoms with Gasteiger partial charge in [0, 0.05) is 36.8 Å². The number of aromatic nitrogens is 1. The van der Waals surface area contributed by atoms with Crippen molar-refractivity contribution in [3.05, 3.63) is 65.5 Å². The number of pyridine rings is 1. The molecule has 0 radical (unpaired) electrons. The normalized spacial score (nSPS) is 33.2. The number of amides is 1. The van der Waals surface area contributed by atoms with E-state index in [2.05, 4.69) is 47.1 Å². The van der Waals surface area contributed by atoms with E-state index in [0.717, 1.165) is 19.5 Å². The lowest BCUT2D eigenvalue weighted by Crippen LogP contribution is -2.34. The molecule has 2 heterocycles. The molecule has 0 spiro atoms. The summed E-state index contributed by atoms with van der Waals surface area (Å²) in [6.45, 7) is 3.99. The van der Waals surface area contributed by atoms with Crippen molar-refractivity contribution in [3.63, 3.8) is 0 Å². The van der Waals surface area contributed by atoms with Crippen LogP contribution in [0.3, 0.4) is 0 Å². The summed E-state index contributed by atoms with van der Waals surface area (Å²) in [5.41, 5.74) is 4.19. The summed E-state index contributed by atoms with van der Waals surface area (Å²) in [5, 5.41) is 0. The topological polar surface area (TPSA) is 33.2 Å². The number of benzene rings is 1. The second kappa shape index (κ2) is 4.92. The number of carbonyl (C=O) groups is 1. The first-order chi connectivity index (χ1) is 11.7. The zero-order chi connectivity index (χ0) is 16.3. The minimum atomic E-state index is 0.182. The Morgan fingerprint density at radius 3 is 2.83 bits per heavy atom. The van der Waals surface area contributed by atoms with Crippen molar-refractivity contribution in [2.45, 2.75) is 31.1 Å². The molecule has 0 unspecified atom stereocenters. The number of nitrogens with zero attached hydrogens (tertiary/aromatic N) is 2. The smallest absolute Gasteiger partial charge is 0.226 e. The van der Waals surface area contributed by atoms with Gasteiger partial charge in [-0.25, -0.2) is 0 Å². The Morgan fingerprint density at radius 2 is 2.08 bits per heavy atom. The fraction of sp³-hybridized carbons (Fsp3) is 0.429. The molecule has 1 amide bonds. The van der Waals surface area contributed by atoms with E-state index in [9.17, 15) is 4.79 Å². The van der Waals surface area contributed by atoms with Gasteiger partial charge in [-0.15, -0.1) is 0 Å². The van der Waals surface area contributed by atoms with E-state index in [-0.39, 0.29) is 11.3 Å². The van der Waals surface area contributed by atoms with Crippen molar-refractivity contribution >= 4 is 5.91 Å². The van der Waals surface area contributed by atoms with Crippen LogP contribution in [0.4, 0.5) is 0 Å². The Bertz CT molecular complexity index is 785. The molecule has 2 aromatic rings. The third kappa shape index (κ3) is 2.10. The molecule has 0 bridgehead atoms. The molecule has 3 aliphatic rings. The molecule has 122 valence electrons. The predicted octanol–water partition coefficient (Wildman–Crippen LogP) is 3.29. The average molecular weight is 318 g/mol. The van der Waals surface area contributed by atoms with Crippen LogP contribution < -0.4 is 0 Å². The quantitative estimate of drug-likeness (QED) is 0.870. The summed E-state index contributed by atoms with van der Waals surface area (Å²) >= 11 is 0. The van der Waals surface area contributed by atoms with Crippen LogP contribution in [-0.2, 0) is 10.2 Å². The molecule has 3 nitrogen and oxygen atoms in total. The van der Waals surface area contributed by atoms with Gasteiger partial charge in [0.05, 0.1) is 0 Å². The molecule has 1 aromatic heterocycles. The predicted molar refractivity (Wildman–Crippen MR) is 92.6 cm³/mol. The van der Waals surface area contributed by atoms with Crippen molar-refractivity contribution in [1.29, 1.82) is 0 Å². The molecular formula is C21H22N2O. The Morgan fingerprint density at radius 1 is 1.25 bits per heavy atom. The van der Waals surface area contributed by atoms with Crippen LogP contribution in [0.5, 0.6) is 0 Å². The number of likely N-dealkylation sites (tertiary alicyclic amines) is 1. The molecule has 1 aliphatic heterocycles. The van der Waals surface area contributed by atoms with E-state index in [1.54, 1.807) is 6.20 Å². The summed E-state index contributed by atoms with van der Waals surface area (Å²) < 4.78 is 0. The van der Waals surface area contributed by atoms with E-state index in [4.69, 9.17) is 0 Å². The van der Waals surface area contributed by atoms with E-state index < -0.39 is 0 Å². The van der Waals surface area contributed by atoms with Gasteiger partial charge < -0.3 is 4.90 Å². The number of aryl methyl sites for hydroxylation is 1. The molecule has 0 N–H and O–H groups in total. The summed E-state index contributed by atoms with van der Waals surface area (Å²) in [5.74, 6) is 1.60. The minimum Gasteiger partial charge on any atom is -0.341 e. The number of hydrogen-bond acceptors (Lipinski definition) is 2. The van der Waals surface area contributed by atoms with Crippen LogP contribution >= 0.6 is 0 Å². The summed E-state index contributed by atoms with van der Waals surface area (Å²) in [4.78, 5) is 19.2. The standard InChI is InChI=1S/C21H22N2O/c1-14-4-6-16(7-5-14)21-10-17(21)12-23(13-21)20(24)19-9-18(19)15-3-2-8-22-11-15/h2-8,11,17-19H,9-10,12-13H2,1H3/t17-,18-,19+,21+/m0/s1. The van der Waals surface area contributed by atoms with Gasteiger partial charge in [-0.05, 0) is 48.8 Å². The highest BCUT2D eigenvalue weighted by molar-refractivity contribution is 5.84. The summed E-state index contributed by atoms with van der Waals surface area (Å²) in [6.07, 6.45) is 5.94. The van der Waals surface area contributed by atoms with E-state index >= 15 is 0 Å².